The number of aldehydes is 1. The average Bonchev–Trinajstić information content (AvgIpc) is 2.05. The van der Waals surface area contributed by atoms with E-state index in [-0.39, 0.29) is 12.1 Å². The highest BCUT2D eigenvalue weighted by Crippen LogP contribution is 2.11. The van der Waals surface area contributed by atoms with Crippen molar-refractivity contribution in [3.8, 4) is 0 Å². The van der Waals surface area contributed by atoms with E-state index in [2.05, 4.69) is 5.32 Å². The van der Waals surface area contributed by atoms with E-state index in [1.54, 1.807) is 7.11 Å². The molecule has 0 bridgehead atoms. The Balaban J connectivity index is 2.23. The summed E-state index contributed by atoms with van der Waals surface area (Å²) in [6.45, 7) is 0.766. The van der Waals surface area contributed by atoms with Gasteiger partial charge >= 0.3 is 0 Å². The van der Waals surface area contributed by atoms with Gasteiger partial charge in [0.25, 0.3) is 0 Å². The van der Waals surface area contributed by atoms with Crippen LogP contribution in [-0.4, -0.2) is 26.2 Å². The Morgan fingerprint density at radius 3 is 2.80 bits per heavy atom. The molecule has 0 spiro atoms. The molecule has 0 aromatic carbocycles. The molecule has 3 heteroatoms. The first-order valence-corrected chi connectivity index (χ1v) is 3.58. The van der Waals surface area contributed by atoms with E-state index in [9.17, 15) is 4.79 Å². The maximum atomic E-state index is 10.3. The average molecular weight is 143 g/mol. The van der Waals surface area contributed by atoms with Gasteiger partial charge in [0.1, 0.15) is 12.5 Å². The zero-order chi connectivity index (χ0) is 7.40. The molecule has 0 aromatic heterocycles. The molecule has 0 aliphatic carbocycles. The summed E-state index contributed by atoms with van der Waals surface area (Å²) in [6, 6.07) is 0. The number of rotatable bonds is 2. The number of methoxy groups -OCH3 is 1. The molecule has 1 N–H and O–H groups in total. The molecule has 3 nitrogen and oxygen atoms in total. The predicted octanol–water partition coefficient (Wildman–Crippen LogP) is 0.157. The maximum absolute atomic E-state index is 10.3. The number of ether oxygens (including phenoxy) is 1. The van der Waals surface area contributed by atoms with Crippen LogP contribution in [0.1, 0.15) is 12.8 Å². The SMILES string of the molecule is COC1CCC(C=O)CN1. The Hall–Kier alpha value is -0.410. The third-order valence-corrected chi connectivity index (χ3v) is 1.88. The Bertz CT molecular complexity index is 108. The van der Waals surface area contributed by atoms with Crippen molar-refractivity contribution in [3.63, 3.8) is 0 Å². The monoisotopic (exact) mass is 143 g/mol. The Morgan fingerprint density at radius 2 is 2.40 bits per heavy atom. The van der Waals surface area contributed by atoms with Gasteiger partial charge in [-0.2, -0.15) is 0 Å². The first kappa shape index (κ1) is 7.69. The number of hydrogen-bond acceptors (Lipinski definition) is 3. The Kier molecular flexibility index (Phi) is 2.83. The molecular weight excluding hydrogens is 130 g/mol. The topological polar surface area (TPSA) is 38.3 Å². The molecular formula is C7H13NO2. The van der Waals surface area contributed by atoms with Crippen molar-refractivity contribution < 1.29 is 9.53 Å². The van der Waals surface area contributed by atoms with Crippen molar-refractivity contribution in [2.75, 3.05) is 13.7 Å². The second-order valence-electron chi connectivity index (χ2n) is 2.61. The largest absolute Gasteiger partial charge is 0.367 e. The minimum Gasteiger partial charge on any atom is -0.367 e. The number of nitrogens with one attached hydrogen (secondary N) is 1. The lowest BCUT2D eigenvalue weighted by Crippen LogP contribution is -2.40. The minimum atomic E-state index is 0.163. The standard InChI is InChI=1S/C7H13NO2/c1-10-7-3-2-6(5-9)4-8-7/h5-8H,2-4H2,1H3. The second-order valence-corrected chi connectivity index (χ2v) is 2.61. The van der Waals surface area contributed by atoms with Gasteiger partial charge in [0.15, 0.2) is 0 Å². The van der Waals surface area contributed by atoms with E-state index in [4.69, 9.17) is 4.74 Å². The molecule has 1 fully saturated rings. The van der Waals surface area contributed by atoms with E-state index >= 15 is 0 Å². The van der Waals surface area contributed by atoms with E-state index in [1.165, 1.54) is 0 Å². The van der Waals surface area contributed by atoms with Gasteiger partial charge in [-0.25, -0.2) is 0 Å². The summed E-state index contributed by atoms with van der Waals surface area (Å²) in [5.41, 5.74) is 0. The molecule has 58 valence electrons. The van der Waals surface area contributed by atoms with Gasteiger partial charge in [0.05, 0.1) is 0 Å². The summed E-state index contributed by atoms with van der Waals surface area (Å²) in [7, 11) is 1.68. The van der Waals surface area contributed by atoms with Crippen LogP contribution in [0.15, 0.2) is 0 Å². The van der Waals surface area contributed by atoms with Crippen molar-refractivity contribution in [1.29, 1.82) is 0 Å². The van der Waals surface area contributed by atoms with Crippen molar-refractivity contribution in [2.45, 2.75) is 19.1 Å². The quantitative estimate of drug-likeness (QED) is 0.559. The summed E-state index contributed by atoms with van der Waals surface area (Å²) in [5.74, 6) is 0.200. The Morgan fingerprint density at radius 1 is 1.60 bits per heavy atom. The molecule has 10 heavy (non-hydrogen) atoms. The molecule has 2 atom stereocenters. The first-order chi connectivity index (χ1) is 4.86. The van der Waals surface area contributed by atoms with Gasteiger partial charge in [0, 0.05) is 19.6 Å². The number of carbonyl (C=O) groups excluding carboxylic acids is 1. The van der Waals surface area contributed by atoms with Crippen molar-refractivity contribution >= 4 is 6.29 Å². The molecule has 1 rings (SSSR count). The van der Waals surface area contributed by atoms with E-state index in [0.717, 1.165) is 25.7 Å². The highest BCUT2D eigenvalue weighted by atomic mass is 16.5. The first-order valence-electron chi connectivity index (χ1n) is 3.58. The molecule has 0 saturated carbocycles. The van der Waals surface area contributed by atoms with E-state index in [0.29, 0.717) is 0 Å². The summed E-state index contributed by atoms with van der Waals surface area (Å²) in [4.78, 5) is 10.3. The Labute approximate surface area is 60.7 Å². The van der Waals surface area contributed by atoms with Crippen LogP contribution >= 0.6 is 0 Å². The predicted molar refractivity (Wildman–Crippen MR) is 37.6 cm³/mol. The van der Waals surface area contributed by atoms with Gasteiger partial charge in [-0.3, -0.25) is 5.32 Å². The lowest BCUT2D eigenvalue weighted by molar-refractivity contribution is -0.112. The van der Waals surface area contributed by atoms with Gasteiger partial charge in [-0.1, -0.05) is 0 Å². The van der Waals surface area contributed by atoms with E-state index < -0.39 is 0 Å². The molecule has 1 heterocycles. The van der Waals surface area contributed by atoms with Crippen LogP contribution in [0.25, 0.3) is 0 Å². The molecule has 0 radical (unpaired) electrons. The third kappa shape index (κ3) is 1.78. The van der Waals surface area contributed by atoms with Crippen LogP contribution in [0.2, 0.25) is 0 Å². The van der Waals surface area contributed by atoms with Crippen molar-refractivity contribution in [2.24, 2.45) is 5.92 Å². The van der Waals surface area contributed by atoms with Crippen molar-refractivity contribution in [3.05, 3.63) is 0 Å². The fourth-order valence-electron chi connectivity index (χ4n) is 1.17. The normalized spacial score (nSPS) is 33.7. The zero-order valence-corrected chi connectivity index (χ0v) is 6.17. The van der Waals surface area contributed by atoms with Crippen LogP contribution < -0.4 is 5.32 Å². The van der Waals surface area contributed by atoms with Crippen LogP contribution in [0.3, 0.4) is 0 Å². The van der Waals surface area contributed by atoms with Crippen molar-refractivity contribution in [1.82, 2.24) is 5.32 Å². The van der Waals surface area contributed by atoms with Crippen LogP contribution in [0.5, 0.6) is 0 Å². The van der Waals surface area contributed by atoms with Gasteiger partial charge < -0.3 is 9.53 Å². The summed E-state index contributed by atoms with van der Waals surface area (Å²) >= 11 is 0. The molecule has 1 saturated heterocycles. The van der Waals surface area contributed by atoms with Gasteiger partial charge in [-0.15, -0.1) is 0 Å². The van der Waals surface area contributed by atoms with Crippen LogP contribution in [0, 0.1) is 5.92 Å². The molecule has 2 unspecified atom stereocenters. The minimum absolute atomic E-state index is 0.163. The molecule has 1 aliphatic heterocycles. The lowest BCUT2D eigenvalue weighted by Gasteiger charge is -2.25. The van der Waals surface area contributed by atoms with Crippen LogP contribution in [0.4, 0.5) is 0 Å². The summed E-state index contributed by atoms with van der Waals surface area (Å²) < 4.78 is 5.06. The second kappa shape index (κ2) is 3.68. The molecule has 0 aromatic rings. The number of hydrogen-bond donors (Lipinski definition) is 1. The molecule has 1 aliphatic rings. The summed E-state index contributed by atoms with van der Waals surface area (Å²) in [5, 5.41) is 3.12. The fourth-order valence-corrected chi connectivity index (χ4v) is 1.17. The smallest absolute Gasteiger partial charge is 0.124 e. The van der Waals surface area contributed by atoms with Gasteiger partial charge in [-0.05, 0) is 12.8 Å². The summed E-state index contributed by atoms with van der Waals surface area (Å²) in [6.07, 6.45) is 3.07. The third-order valence-electron chi connectivity index (χ3n) is 1.88. The maximum Gasteiger partial charge on any atom is 0.124 e. The van der Waals surface area contributed by atoms with Crippen LogP contribution in [-0.2, 0) is 9.53 Å². The number of piperidine rings is 1. The number of carbonyl (C=O) groups is 1. The highest BCUT2D eigenvalue weighted by molar-refractivity contribution is 5.53. The lowest BCUT2D eigenvalue weighted by atomic mass is 10.0. The van der Waals surface area contributed by atoms with Gasteiger partial charge in [0.2, 0.25) is 0 Å². The molecule has 0 amide bonds. The van der Waals surface area contributed by atoms with E-state index in [1.807, 2.05) is 0 Å². The highest BCUT2D eigenvalue weighted by Gasteiger charge is 2.18. The zero-order valence-electron chi connectivity index (χ0n) is 6.17. The fraction of sp³-hybridized carbons (Fsp3) is 0.857.